The Morgan fingerprint density at radius 1 is 1.19 bits per heavy atom. The van der Waals surface area contributed by atoms with E-state index in [1.54, 1.807) is 0 Å². The highest BCUT2D eigenvalue weighted by Gasteiger charge is 2.43. The number of sulfonamides is 1. The van der Waals surface area contributed by atoms with E-state index in [9.17, 15) is 31.2 Å². The number of aryl methyl sites for hydroxylation is 1. The zero-order valence-corrected chi connectivity index (χ0v) is 19.7. The Hall–Kier alpha value is -4.12. The average Bonchev–Trinajstić information content (AvgIpc) is 3.51. The summed E-state index contributed by atoms with van der Waals surface area (Å²) in [6.07, 6.45) is 1.14. The first-order valence-electron chi connectivity index (χ1n) is 10.6. The minimum absolute atomic E-state index is 0.0222. The minimum atomic E-state index is -4.25. The second-order valence-electron chi connectivity index (χ2n) is 8.44. The van der Waals surface area contributed by atoms with E-state index in [0.717, 1.165) is 6.20 Å². The molecule has 0 bridgehead atoms. The van der Waals surface area contributed by atoms with Gasteiger partial charge in [-0.25, -0.2) is 26.3 Å². The maximum Gasteiger partial charge on any atom is 0.313 e. The number of nitrogens with one attached hydrogen (secondary N) is 2. The highest BCUT2D eigenvalue weighted by atomic mass is 32.2. The summed E-state index contributed by atoms with van der Waals surface area (Å²) in [4.78, 5) is 26.6. The Labute approximate surface area is 206 Å². The number of nitrogens with two attached hydrogens (primary N) is 1. The average molecular weight is 541 g/mol. The van der Waals surface area contributed by atoms with Gasteiger partial charge in [-0.3, -0.25) is 9.59 Å². The van der Waals surface area contributed by atoms with E-state index in [2.05, 4.69) is 20.2 Å². The molecular formula is C20H18F3N7O6S. The number of hydrogen-bond donors (Lipinski definition) is 3. The maximum atomic E-state index is 13.6. The number of carbonyl (C=O) groups excluding carboxylic acids is 2. The van der Waals surface area contributed by atoms with Gasteiger partial charge in [-0.2, -0.15) is 0 Å². The van der Waals surface area contributed by atoms with Gasteiger partial charge in [0.1, 0.15) is 4.90 Å². The first-order valence-corrected chi connectivity index (χ1v) is 12.1. The van der Waals surface area contributed by atoms with Crippen molar-refractivity contribution in [1.29, 1.82) is 0 Å². The van der Waals surface area contributed by atoms with Gasteiger partial charge < -0.3 is 29.7 Å². The van der Waals surface area contributed by atoms with Crippen LogP contribution >= 0.6 is 0 Å². The van der Waals surface area contributed by atoms with Gasteiger partial charge in [0.2, 0.25) is 10.0 Å². The molecule has 196 valence electrons. The van der Waals surface area contributed by atoms with Crippen LogP contribution in [0.2, 0.25) is 0 Å². The van der Waals surface area contributed by atoms with Crippen molar-refractivity contribution in [3.05, 3.63) is 47.4 Å². The molecule has 37 heavy (non-hydrogen) atoms. The lowest BCUT2D eigenvalue weighted by Crippen LogP contribution is -2.43. The van der Waals surface area contributed by atoms with E-state index in [0.29, 0.717) is 12.1 Å². The molecule has 17 heteroatoms. The van der Waals surface area contributed by atoms with Crippen LogP contribution in [-0.4, -0.2) is 65.6 Å². The number of nitrogens with zero attached hydrogens (tertiary/aromatic N) is 4. The van der Waals surface area contributed by atoms with Crippen LogP contribution in [0.5, 0.6) is 5.75 Å². The van der Waals surface area contributed by atoms with E-state index in [1.165, 1.54) is 16.5 Å². The molecule has 3 aromatic rings. The summed E-state index contributed by atoms with van der Waals surface area (Å²) >= 11 is 0. The van der Waals surface area contributed by atoms with Gasteiger partial charge in [0.15, 0.2) is 28.9 Å². The number of likely N-dealkylation sites (tertiary alicyclic amines) is 1. The number of amides is 2. The number of fused-ring (bicyclic) bond motifs is 2. The number of anilines is 2. The summed E-state index contributed by atoms with van der Waals surface area (Å²) in [5.74, 6) is -7.53. The SMILES string of the molecule is Cn1cc2c(c1C(=O)Nc1cc(F)c(F)c(F)c1)OCC1CN(C(=O)c3nnc(N)o3)C[C@@H]1NS2(=O)=O. The number of benzene rings is 1. The summed E-state index contributed by atoms with van der Waals surface area (Å²) < 4.78 is 81.2. The Kier molecular flexibility index (Phi) is 5.82. The molecule has 1 fully saturated rings. The quantitative estimate of drug-likeness (QED) is 0.398. The highest BCUT2D eigenvalue weighted by Crippen LogP contribution is 2.35. The summed E-state index contributed by atoms with van der Waals surface area (Å²) in [5, 5.41) is 9.18. The summed E-state index contributed by atoms with van der Waals surface area (Å²) in [6, 6.07) is 0.122. The fourth-order valence-corrected chi connectivity index (χ4v) is 5.73. The van der Waals surface area contributed by atoms with Crippen LogP contribution in [0.1, 0.15) is 21.2 Å². The summed E-state index contributed by atoms with van der Waals surface area (Å²) in [5.41, 5.74) is 4.69. The molecule has 4 heterocycles. The topological polar surface area (TPSA) is 175 Å². The predicted molar refractivity (Wildman–Crippen MR) is 117 cm³/mol. The standard InChI is InChI=1S/C20H18F3N7O6S/c1-29-6-13-16(15(29)17(31)25-9-2-10(21)14(23)11(22)3-9)35-7-8-4-30(5-12(8)28-37(13,33)34)19(32)18-26-27-20(24)36-18/h2-3,6,8,12,28H,4-5,7H2,1H3,(H2,24,27)(H,25,31)/t8?,12-/m0/s1. The van der Waals surface area contributed by atoms with Gasteiger partial charge in [0.05, 0.1) is 6.61 Å². The van der Waals surface area contributed by atoms with Gasteiger partial charge in [-0.05, 0) is 0 Å². The second-order valence-corrected chi connectivity index (χ2v) is 10.1. The van der Waals surface area contributed by atoms with E-state index in [4.69, 9.17) is 14.9 Å². The molecule has 0 radical (unpaired) electrons. The van der Waals surface area contributed by atoms with Crippen LogP contribution < -0.4 is 20.5 Å². The van der Waals surface area contributed by atoms with Crippen LogP contribution in [0.4, 0.5) is 24.9 Å². The largest absolute Gasteiger partial charge is 0.489 e. The number of hydrogen-bond acceptors (Lipinski definition) is 9. The molecule has 5 rings (SSSR count). The fraction of sp³-hybridized carbons (Fsp3) is 0.300. The second kappa shape index (κ2) is 8.77. The summed E-state index contributed by atoms with van der Waals surface area (Å²) in [7, 11) is -2.87. The van der Waals surface area contributed by atoms with Crippen molar-refractivity contribution in [3.63, 3.8) is 0 Å². The first kappa shape index (κ1) is 24.6. The van der Waals surface area contributed by atoms with Crippen LogP contribution in [0.15, 0.2) is 27.6 Å². The molecule has 4 N–H and O–H groups in total. The third-order valence-electron chi connectivity index (χ3n) is 5.95. The molecule has 0 spiro atoms. The molecule has 13 nitrogen and oxygen atoms in total. The normalized spacial score (nSPS) is 20.4. The Morgan fingerprint density at radius 2 is 1.89 bits per heavy atom. The molecule has 1 saturated heterocycles. The van der Waals surface area contributed by atoms with Crippen molar-refractivity contribution >= 4 is 33.5 Å². The van der Waals surface area contributed by atoms with Crippen molar-refractivity contribution in [1.82, 2.24) is 24.4 Å². The number of ether oxygens (including phenoxy) is 1. The smallest absolute Gasteiger partial charge is 0.313 e. The molecule has 1 aromatic carbocycles. The van der Waals surface area contributed by atoms with Gasteiger partial charge in [-0.15, -0.1) is 5.10 Å². The Bertz CT molecular complexity index is 1520. The van der Waals surface area contributed by atoms with Gasteiger partial charge in [-0.1, -0.05) is 5.10 Å². The van der Waals surface area contributed by atoms with E-state index < -0.39 is 56.9 Å². The molecule has 0 aliphatic carbocycles. The van der Waals surface area contributed by atoms with Crippen LogP contribution in [0, 0.1) is 23.4 Å². The fourth-order valence-electron chi connectivity index (χ4n) is 4.24. The van der Waals surface area contributed by atoms with E-state index >= 15 is 0 Å². The molecule has 2 aliphatic rings. The number of halogens is 3. The third-order valence-corrected chi connectivity index (χ3v) is 7.43. The first-order chi connectivity index (χ1) is 17.4. The van der Waals surface area contributed by atoms with Crippen molar-refractivity contribution < 1.29 is 40.3 Å². The van der Waals surface area contributed by atoms with Gasteiger partial charge >= 0.3 is 17.8 Å². The molecule has 2 atom stereocenters. The predicted octanol–water partition coefficient (Wildman–Crippen LogP) is 0.471. The molecule has 1 unspecified atom stereocenters. The number of carbonyl (C=O) groups is 2. The van der Waals surface area contributed by atoms with Gasteiger partial charge in [0.25, 0.3) is 5.91 Å². The van der Waals surface area contributed by atoms with Crippen LogP contribution in [-0.2, 0) is 17.1 Å². The lowest BCUT2D eigenvalue weighted by molar-refractivity contribution is 0.0743. The molecule has 2 amide bonds. The number of aromatic nitrogens is 3. The monoisotopic (exact) mass is 541 g/mol. The number of nitrogen functional groups attached to an aromatic ring is 1. The maximum absolute atomic E-state index is 13.6. The molecule has 2 aliphatic heterocycles. The van der Waals surface area contributed by atoms with Crippen LogP contribution in [0.25, 0.3) is 0 Å². The van der Waals surface area contributed by atoms with E-state index in [1.807, 2.05) is 0 Å². The van der Waals surface area contributed by atoms with Gasteiger partial charge in [0, 0.05) is 56.1 Å². The number of rotatable bonds is 3. The van der Waals surface area contributed by atoms with Crippen molar-refractivity contribution in [3.8, 4) is 5.75 Å². The molecule has 0 saturated carbocycles. The van der Waals surface area contributed by atoms with Crippen LogP contribution in [0.3, 0.4) is 0 Å². The van der Waals surface area contributed by atoms with E-state index in [-0.39, 0.29) is 47.9 Å². The highest BCUT2D eigenvalue weighted by molar-refractivity contribution is 7.89. The summed E-state index contributed by atoms with van der Waals surface area (Å²) in [6.45, 7) is -0.0578. The zero-order valence-electron chi connectivity index (χ0n) is 18.9. The van der Waals surface area contributed by atoms with Crippen molar-refractivity contribution in [2.24, 2.45) is 13.0 Å². The van der Waals surface area contributed by atoms with Crippen molar-refractivity contribution in [2.75, 3.05) is 30.7 Å². The Balaban J connectivity index is 1.41. The minimum Gasteiger partial charge on any atom is -0.489 e. The van der Waals surface area contributed by atoms with Crippen molar-refractivity contribution in [2.45, 2.75) is 10.9 Å². The third kappa shape index (κ3) is 4.35. The molecule has 2 aromatic heterocycles. The lowest BCUT2D eigenvalue weighted by atomic mass is 10.1. The Morgan fingerprint density at radius 3 is 2.54 bits per heavy atom. The zero-order chi connectivity index (χ0) is 26.6. The lowest BCUT2D eigenvalue weighted by Gasteiger charge is -2.23. The molecular weight excluding hydrogens is 523 g/mol.